The number of fused-ring (bicyclic) bond motifs is 5. The number of halogens is 1. The molecule has 11 rings (SSSR count). The highest BCUT2D eigenvalue weighted by molar-refractivity contribution is 6.06. The van der Waals surface area contributed by atoms with E-state index in [1.54, 1.807) is 11.1 Å². The van der Waals surface area contributed by atoms with Gasteiger partial charge >= 0.3 is 6.01 Å². The molecule has 3 unspecified atom stereocenters. The summed E-state index contributed by atoms with van der Waals surface area (Å²) in [7, 11) is 0. The maximum atomic E-state index is 16.9. The van der Waals surface area contributed by atoms with Gasteiger partial charge in [-0.05, 0) is 67.3 Å². The second-order valence-corrected chi connectivity index (χ2v) is 18.4. The highest BCUT2D eigenvalue weighted by atomic mass is 19.1. The fourth-order valence-electron chi connectivity index (χ4n) is 11.0. The van der Waals surface area contributed by atoms with Crippen LogP contribution < -0.4 is 25.2 Å². The molecule has 5 fully saturated rings. The van der Waals surface area contributed by atoms with Crippen LogP contribution in [0, 0.1) is 24.1 Å². The van der Waals surface area contributed by atoms with Crippen molar-refractivity contribution in [2.24, 2.45) is 5.92 Å². The zero-order chi connectivity index (χ0) is 45.1. The van der Waals surface area contributed by atoms with E-state index in [2.05, 4.69) is 41.2 Å². The van der Waals surface area contributed by atoms with Gasteiger partial charge in [0.2, 0.25) is 17.7 Å². The van der Waals surface area contributed by atoms with Gasteiger partial charge in [-0.25, -0.2) is 4.39 Å². The molecule has 2 bridgehead atoms. The van der Waals surface area contributed by atoms with Crippen molar-refractivity contribution in [2.75, 3.05) is 75.3 Å². The molecule has 66 heavy (non-hydrogen) atoms. The molecule has 3 atom stereocenters. The van der Waals surface area contributed by atoms with Gasteiger partial charge in [0.1, 0.15) is 29.7 Å². The first-order valence-corrected chi connectivity index (χ1v) is 23.2. The number of hydrogen-bond acceptors (Lipinski definition) is 12. The van der Waals surface area contributed by atoms with Gasteiger partial charge in [-0.2, -0.15) is 9.97 Å². The molecule has 0 aliphatic carbocycles. The molecule has 338 valence electrons. The molecular formula is C50H51FN10O5. The molecule has 2 N–H and O–H groups in total. The third-order valence-electron chi connectivity index (χ3n) is 14.5. The summed E-state index contributed by atoms with van der Waals surface area (Å²) >= 11 is 0. The van der Waals surface area contributed by atoms with Crippen LogP contribution in [-0.4, -0.2) is 137 Å². The summed E-state index contributed by atoms with van der Waals surface area (Å²) in [6.07, 6.45) is 11.8. The Bertz CT molecular complexity index is 2820. The van der Waals surface area contributed by atoms with Crippen LogP contribution in [0.25, 0.3) is 32.9 Å². The Balaban J connectivity index is 0.716. The number of ether oxygens (including phenoxy) is 1. The van der Waals surface area contributed by atoms with Crippen molar-refractivity contribution in [3.8, 4) is 29.6 Å². The maximum Gasteiger partial charge on any atom is 0.319 e. The zero-order valence-corrected chi connectivity index (χ0v) is 36.7. The van der Waals surface area contributed by atoms with Crippen molar-refractivity contribution in [2.45, 2.75) is 63.2 Å². The van der Waals surface area contributed by atoms with E-state index in [1.165, 1.54) is 0 Å². The molecule has 0 radical (unpaired) electrons. The van der Waals surface area contributed by atoms with Gasteiger partial charge in [-0.15, -0.1) is 6.42 Å². The van der Waals surface area contributed by atoms with E-state index < -0.39 is 17.8 Å². The Morgan fingerprint density at radius 1 is 0.879 bits per heavy atom. The number of anilines is 2. The number of piperazine rings is 2. The van der Waals surface area contributed by atoms with Crippen LogP contribution in [0.4, 0.5) is 15.9 Å². The zero-order valence-electron chi connectivity index (χ0n) is 36.7. The third kappa shape index (κ3) is 7.73. The van der Waals surface area contributed by atoms with Crippen molar-refractivity contribution in [1.29, 1.82) is 0 Å². The molecule has 8 heterocycles. The molecule has 5 aromatic rings. The summed E-state index contributed by atoms with van der Waals surface area (Å²) in [6.45, 7) is 6.83. The average Bonchev–Trinajstić information content (AvgIpc) is 3.86. The summed E-state index contributed by atoms with van der Waals surface area (Å²) < 4.78 is 23.2. The highest BCUT2D eigenvalue weighted by Crippen LogP contribution is 2.38. The number of imide groups is 1. The highest BCUT2D eigenvalue weighted by Gasteiger charge is 2.40. The summed E-state index contributed by atoms with van der Waals surface area (Å²) in [5.41, 5.74) is 4.05. The summed E-state index contributed by atoms with van der Waals surface area (Å²) in [5.74, 6) is 2.05. The van der Waals surface area contributed by atoms with Crippen LogP contribution in [0.5, 0.6) is 6.01 Å². The van der Waals surface area contributed by atoms with Crippen molar-refractivity contribution < 1.29 is 28.3 Å². The predicted molar refractivity (Wildman–Crippen MR) is 246 cm³/mol. The van der Waals surface area contributed by atoms with Crippen molar-refractivity contribution in [1.82, 2.24) is 40.3 Å². The van der Waals surface area contributed by atoms with Crippen molar-refractivity contribution >= 4 is 56.8 Å². The molecule has 6 aliphatic rings. The number of amides is 4. The molecule has 3 aromatic carbocycles. The first kappa shape index (κ1) is 42.0. The number of hydrogen-bond donors (Lipinski definition) is 2. The van der Waals surface area contributed by atoms with Crippen LogP contribution in [0.3, 0.4) is 0 Å². The first-order chi connectivity index (χ1) is 32.2. The van der Waals surface area contributed by atoms with Crippen molar-refractivity contribution in [3.05, 3.63) is 83.3 Å². The van der Waals surface area contributed by atoms with Crippen LogP contribution in [0.1, 0.15) is 60.0 Å². The van der Waals surface area contributed by atoms with Crippen molar-refractivity contribution in [3.63, 3.8) is 0 Å². The first-order valence-electron chi connectivity index (χ1n) is 23.2. The van der Waals surface area contributed by atoms with Gasteiger partial charge in [-0.3, -0.25) is 34.4 Å². The largest absolute Gasteiger partial charge is 0.462 e. The average molecular weight is 891 g/mol. The number of piperidine rings is 2. The van der Waals surface area contributed by atoms with Gasteiger partial charge < -0.3 is 29.7 Å². The van der Waals surface area contributed by atoms with E-state index in [0.29, 0.717) is 92.3 Å². The molecule has 15 nitrogen and oxygen atoms in total. The van der Waals surface area contributed by atoms with Gasteiger partial charge in [-0.1, -0.05) is 36.3 Å². The van der Waals surface area contributed by atoms with Crippen LogP contribution in [-0.2, 0) is 20.9 Å². The molecule has 4 amide bonds. The van der Waals surface area contributed by atoms with Crippen LogP contribution in [0.15, 0.2) is 60.8 Å². The Labute approximate surface area is 381 Å². The number of carbonyl (C=O) groups is 4. The molecule has 2 aromatic heterocycles. The number of rotatable bonds is 9. The number of nitrogens with zero attached hydrogens (tertiary/aromatic N) is 8. The Kier molecular flexibility index (Phi) is 11.0. The lowest BCUT2D eigenvalue weighted by atomic mass is 9.94. The minimum atomic E-state index is -0.647. The number of aromatic nitrogens is 3. The predicted octanol–water partition coefficient (Wildman–Crippen LogP) is 4.11. The number of pyridine rings is 1. The van der Waals surface area contributed by atoms with Gasteiger partial charge in [0.15, 0.2) is 5.82 Å². The summed E-state index contributed by atoms with van der Waals surface area (Å²) in [6, 6.07) is 17.3. The van der Waals surface area contributed by atoms with Gasteiger partial charge in [0, 0.05) is 124 Å². The minimum absolute atomic E-state index is 0.0589. The Morgan fingerprint density at radius 2 is 1.65 bits per heavy atom. The van der Waals surface area contributed by atoms with E-state index in [1.807, 2.05) is 59.5 Å². The minimum Gasteiger partial charge on any atom is -0.462 e. The summed E-state index contributed by atoms with van der Waals surface area (Å²) in [5, 5.41) is 8.23. The number of carbonyl (C=O) groups excluding carboxylic acids is 4. The lowest BCUT2D eigenvalue weighted by Crippen LogP contribution is -2.52. The number of benzene rings is 3. The molecule has 0 spiro atoms. The fraction of sp³-hybridized carbons (Fsp3) is 0.420. The van der Waals surface area contributed by atoms with E-state index >= 15 is 4.39 Å². The van der Waals surface area contributed by atoms with E-state index in [4.69, 9.17) is 16.1 Å². The molecule has 5 saturated heterocycles. The van der Waals surface area contributed by atoms with E-state index in [9.17, 15) is 19.2 Å². The topological polar surface area (TPSA) is 156 Å². The molecular weight excluding hydrogens is 840 g/mol. The SMILES string of the molecule is C#Cc1cccc2cccc(-c3ncc4c(N5CC6CCC(C5)N6)nc(OCCN5CCN(C(=O)C6CCN(c7ccc8c(c7)CN(C7CCC(=O)NC7=O)C8=O)CC6)CC5)nc4c3F)c12. The van der Waals surface area contributed by atoms with Gasteiger partial charge in [0.05, 0.1) is 5.39 Å². The lowest BCUT2D eigenvalue weighted by molar-refractivity contribution is -0.138. The summed E-state index contributed by atoms with van der Waals surface area (Å²) in [4.78, 5) is 75.7. The van der Waals surface area contributed by atoms with Crippen LogP contribution in [0.2, 0.25) is 0 Å². The quantitative estimate of drug-likeness (QED) is 0.162. The smallest absolute Gasteiger partial charge is 0.319 e. The normalized spacial score (nSPS) is 22.5. The molecule has 6 aliphatic heterocycles. The standard InChI is InChI=1S/C50H51FN10O5/c1-2-30-5-3-6-31-7-4-8-38(42(30)31)44-43(51)45-39(26-52-44)46(60-28-34-9-10-35(29-60)53-34)56-50(55-45)66-24-23-57-19-21-59(22-20-57)48(64)32-15-17-58(18-16-32)36-11-12-37-33(25-36)27-61(49(37)65)40-13-14-41(62)54-47(40)63/h1,3-8,11-12,25-26,32,34-35,40,53H,9-10,13-24,27-29H2,(H,54,62,63). The monoisotopic (exact) mass is 890 g/mol. The molecule has 16 heteroatoms. The number of terminal acetylenes is 1. The second kappa shape index (κ2) is 17.3. The Hall–Kier alpha value is -6.70. The third-order valence-corrected chi connectivity index (χ3v) is 14.5. The van der Waals surface area contributed by atoms with Gasteiger partial charge in [0.25, 0.3) is 5.91 Å². The number of nitrogens with one attached hydrogen (secondary N) is 2. The Morgan fingerprint density at radius 3 is 2.41 bits per heavy atom. The van der Waals surface area contributed by atoms with Crippen LogP contribution >= 0.6 is 0 Å². The lowest BCUT2D eigenvalue weighted by Gasteiger charge is -2.39. The molecule has 0 saturated carbocycles. The maximum absolute atomic E-state index is 16.9. The van der Waals surface area contributed by atoms with E-state index in [-0.39, 0.29) is 47.3 Å². The fourth-order valence-corrected chi connectivity index (χ4v) is 11.0. The van der Waals surface area contributed by atoms with E-state index in [0.717, 1.165) is 73.9 Å². The second-order valence-electron chi connectivity index (χ2n) is 18.4.